The maximum atomic E-state index is 11.7. The normalized spacial score (nSPS) is 11.1. The van der Waals surface area contributed by atoms with Crippen LogP contribution in [0.15, 0.2) is 39.8 Å². The van der Waals surface area contributed by atoms with Gasteiger partial charge in [0.1, 0.15) is 0 Å². The molecule has 1 aromatic carbocycles. The molecule has 0 saturated heterocycles. The van der Waals surface area contributed by atoms with E-state index in [0.29, 0.717) is 0 Å². The molecule has 2 aromatic heterocycles. The Labute approximate surface area is 88.2 Å². The van der Waals surface area contributed by atoms with Crippen molar-refractivity contribution in [3.05, 3.63) is 45.2 Å². The molecule has 0 aliphatic rings. The molecule has 0 radical (unpaired) electrons. The summed E-state index contributed by atoms with van der Waals surface area (Å²) in [5.41, 5.74) is 0.124. The van der Waals surface area contributed by atoms with Gasteiger partial charge < -0.3 is 0 Å². The first-order valence-corrected chi connectivity index (χ1v) is 6.00. The maximum absolute atomic E-state index is 11.7. The SMILES string of the molecule is O=c1ccc2sccc2c2ccsc12. The minimum atomic E-state index is 0.124. The van der Waals surface area contributed by atoms with Gasteiger partial charge in [-0.3, -0.25) is 4.79 Å². The van der Waals surface area contributed by atoms with E-state index in [4.69, 9.17) is 0 Å². The second-order valence-electron chi connectivity index (χ2n) is 3.06. The van der Waals surface area contributed by atoms with Gasteiger partial charge >= 0.3 is 0 Å². The minimum Gasteiger partial charge on any atom is -0.288 e. The highest BCUT2D eigenvalue weighted by Gasteiger charge is 2.03. The van der Waals surface area contributed by atoms with Crippen molar-refractivity contribution in [3.8, 4) is 0 Å². The van der Waals surface area contributed by atoms with Gasteiger partial charge in [0, 0.05) is 15.5 Å². The number of thiophene rings is 2. The number of hydrogen-bond acceptors (Lipinski definition) is 3. The van der Waals surface area contributed by atoms with Crippen LogP contribution in [0.3, 0.4) is 0 Å². The number of rotatable bonds is 0. The van der Waals surface area contributed by atoms with Gasteiger partial charge in [0.25, 0.3) is 0 Å². The standard InChI is InChI=1S/C11H6OS2/c12-9-1-2-10-7(3-5-13-10)8-4-6-14-11(8)9/h1-6H. The molecule has 3 rings (SSSR count). The van der Waals surface area contributed by atoms with Crippen molar-refractivity contribution in [3.63, 3.8) is 0 Å². The average Bonchev–Trinajstić information content (AvgIpc) is 2.80. The van der Waals surface area contributed by atoms with Crippen LogP contribution in [0, 0.1) is 0 Å². The van der Waals surface area contributed by atoms with Crippen LogP contribution in [-0.2, 0) is 0 Å². The molecule has 0 N–H and O–H groups in total. The topological polar surface area (TPSA) is 17.1 Å². The van der Waals surface area contributed by atoms with Crippen LogP contribution in [0.25, 0.3) is 20.2 Å². The summed E-state index contributed by atoms with van der Waals surface area (Å²) in [6.07, 6.45) is 0. The smallest absolute Gasteiger partial charge is 0.196 e. The predicted octanol–water partition coefficient (Wildman–Crippen LogP) is 3.48. The quantitative estimate of drug-likeness (QED) is 0.564. The first-order valence-electron chi connectivity index (χ1n) is 4.24. The number of fused-ring (bicyclic) bond motifs is 3. The zero-order chi connectivity index (χ0) is 9.54. The minimum absolute atomic E-state index is 0.124. The van der Waals surface area contributed by atoms with Gasteiger partial charge in [-0.05, 0) is 35.0 Å². The Morgan fingerprint density at radius 2 is 1.64 bits per heavy atom. The van der Waals surface area contributed by atoms with Crippen LogP contribution >= 0.6 is 22.7 Å². The summed E-state index contributed by atoms with van der Waals surface area (Å²) < 4.78 is 2.04. The molecule has 0 atom stereocenters. The molecule has 1 nitrogen and oxygen atoms in total. The monoisotopic (exact) mass is 218 g/mol. The lowest BCUT2D eigenvalue weighted by Crippen LogP contribution is -1.90. The van der Waals surface area contributed by atoms with Gasteiger partial charge in [-0.2, -0.15) is 0 Å². The Morgan fingerprint density at radius 3 is 2.57 bits per heavy atom. The highest BCUT2D eigenvalue weighted by molar-refractivity contribution is 7.18. The van der Waals surface area contributed by atoms with E-state index in [1.807, 2.05) is 17.5 Å². The Balaban J connectivity index is 2.78. The van der Waals surface area contributed by atoms with Gasteiger partial charge in [-0.25, -0.2) is 0 Å². The zero-order valence-electron chi connectivity index (χ0n) is 7.19. The van der Waals surface area contributed by atoms with Crippen molar-refractivity contribution in [1.29, 1.82) is 0 Å². The van der Waals surface area contributed by atoms with Gasteiger partial charge in [0.15, 0.2) is 5.43 Å². The van der Waals surface area contributed by atoms with Crippen molar-refractivity contribution in [2.75, 3.05) is 0 Å². The molecule has 3 heteroatoms. The fourth-order valence-electron chi connectivity index (χ4n) is 1.61. The Hall–Kier alpha value is -1.19. The summed E-state index contributed by atoms with van der Waals surface area (Å²) in [6.45, 7) is 0. The van der Waals surface area contributed by atoms with Gasteiger partial charge in [-0.1, -0.05) is 0 Å². The molecular weight excluding hydrogens is 212 g/mol. The molecule has 0 aliphatic heterocycles. The van der Waals surface area contributed by atoms with Crippen LogP contribution in [0.1, 0.15) is 0 Å². The van der Waals surface area contributed by atoms with Crippen molar-refractivity contribution >= 4 is 42.8 Å². The van der Waals surface area contributed by atoms with Crippen molar-refractivity contribution in [2.24, 2.45) is 0 Å². The van der Waals surface area contributed by atoms with Gasteiger partial charge in [0.2, 0.25) is 0 Å². The summed E-state index contributed by atoms with van der Waals surface area (Å²) in [4.78, 5) is 11.7. The second kappa shape index (κ2) is 2.90. The van der Waals surface area contributed by atoms with E-state index in [0.717, 1.165) is 10.1 Å². The molecule has 0 saturated carbocycles. The van der Waals surface area contributed by atoms with Crippen LogP contribution in [-0.4, -0.2) is 0 Å². The zero-order valence-corrected chi connectivity index (χ0v) is 8.82. The third-order valence-corrected chi connectivity index (χ3v) is 4.07. The Morgan fingerprint density at radius 1 is 0.857 bits per heavy atom. The Kier molecular flexibility index (Phi) is 1.69. The maximum Gasteiger partial charge on any atom is 0.196 e. The van der Waals surface area contributed by atoms with E-state index in [-0.39, 0.29) is 5.43 Å². The molecule has 68 valence electrons. The van der Waals surface area contributed by atoms with E-state index in [9.17, 15) is 4.79 Å². The lowest BCUT2D eigenvalue weighted by atomic mass is 10.2. The average molecular weight is 218 g/mol. The van der Waals surface area contributed by atoms with E-state index >= 15 is 0 Å². The fourth-order valence-corrected chi connectivity index (χ4v) is 3.24. The molecule has 14 heavy (non-hydrogen) atoms. The summed E-state index contributed by atoms with van der Waals surface area (Å²) in [5, 5.41) is 6.31. The molecule has 0 fully saturated rings. The van der Waals surface area contributed by atoms with Crippen LogP contribution in [0.4, 0.5) is 0 Å². The third kappa shape index (κ3) is 1.03. The van der Waals surface area contributed by atoms with Crippen molar-refractivity contribution in [1.82, 2.24) is 0 Å². The summed E-state index contributed by atoms with van der Waals surface area (Å²) in [5.74, 6) is 0. The van der Waals surface area contributed by atoms with Crippen LogP contribution in [0.5, 0.6) is 0 Å². The highest BCUT2D eigenvalue weighted by Crippen LogP contribution is 2.28. The molecular formula is C11H6OS2. The van der Waals surface area contributed by atoms with Gasteiger partial charge in [0.05, 0.1) is 4.70 Å². The lowest BCUT2D eigenvalue weighted by molar-refractivity contribution is 1.80. The second-order valence-corrected chi connectivity index (χ2v) is 4.92. The van der Waals surface area contributed by atoms with Crippen molar-refractivity contribution in [2.45, 2.75) is 0 Å². The number of hydrogen-bond donors (Lipinski definition) is 0. The van der Waals surface area contributed by atoms with E-state index in [2.05, 4.69) is 11.4 Å². The Bertz CT molecular complexity index is 663. The lowest BCUT2D eigenvalue weighted by Gasteiger charge is -1.81. The highest BCUT2D eigenvalue weighted by atomic mass is 32.1. The molecule has 0 spiro atoms. The molecule has 0 amide bonds. The molecule has 3 aromatic rings. The first kappa shape index (κ1) is 8.15. The van der Waals surface area contributed by atoms with Crippen molar-refractivity contribution < 1.29 is 0 Å². The molecule has 0 bridgehead atoms. The summed E-state index contributed by atoms with van der Waals surface area (Å²) >= 11 is 3.19. The van der Waals surface area contributed by atoms with E-state index < -0.39 is 0 Å². The molecule has 0 unspecified atom stereocenters. The van der Waals surface area contributed by atoms with E-state index in [1.165, 1.54) is 21.4 Å². The summed E-state index contributed by atoms with van der Waals surface area (Å²) in [6, 6.07) is 7.68. The van der Waals surface area contributed by atoms with E-state index in [1.54, 1.807) is 17.4 Å². The summed E-state index contributed by atoms with van der Waals surface area (Å²) in [7, 11) is 0. The third-order valence-electron chi connectivity index (χ3n) is 2.26. The van der Waals surface area contributed by atoms with Gasteiger partial charge in [-0.15, -0.1) is 22.7 Å². The molecule has 2 heterocycles. The van der Waals surface area contributed by atoms with Crippen LogP contribution < -0.4 is 5.43 Å². The first-order chi connectivity index (χ1) is 6.86. The van der Waals surface area contributed by atoms with Crippen LogP contribution in [0.2, 0.25) is 0 Å². The fraction of sp³-hybridized carbons (Fsp3) is 0. The largest absolute Gasteiger partial charge is 0.288 e. The molecule has 0 aliphatic carbocycles. The predicted molar refractivity (Wildman–Crippen MR) is 63.5 cm³/mol.